The zero-order valence-electron chi connectivity index (χ0n) is 12.6. The van der Waals surface area contributed by atoms with Crippen molar-refractivity contribution >= 4 is 12.0 Å². The molecule has 6 heteroatoms. The predicted molar refractivity (Wildman–Crippen MR) is 79.1 cm³/mol. The molecule has 21 heavy (non-hydrogen) atoms. The molecular weight excluding hydrogens is 272 g/mol. The SMILES string of the molecule is COc1ccccc1CNC(=O)NCCC(=O)OC(C)C. The average molecular weight is 294 g/mol. The summed E-state index contributed by atoms with van der Waals surface area (Å²) in [5, 5.41) is 5.31. The number of carbonyl (C=O) groups is 2. The van der Waals surface area contributed by atoms with Gasteiger partial charge in [0.1, 0.15) is 5.75 Å². The molecule has 0 unspecified atom stereocenters. The van der Waals surface area contributed by atoms with Gasteiger partial charge in [0.15, 0.2) is 0 Å². The van der Waals surface area contributed by atoms with Gasteiger partial charge in [0.25, 0.3) is 0 Å². The number of amides is 2. The molecule has 2 N–H and O–H groups in total. The fourth-order valence-electron chi connectivity index (χ4n) is 1.69. The number of methoxy groups -OCH3 is 1. The van der Waals surface area contributed by atoms with Crippen molar-refractivity contribution in [3.8, 4) is 5.75 Å². The Morgan fingerprint density at radius 2 is 1.90 bits per heavy atom. The topological polar surface area (TPSA) is 76.7 Å². The minimum Gasteiger partial charge on any atom is -0.496 e. The third-order valence-corrected chi connectivity index (χ3v) is 2.61. The number of para-hydroxylation sites is 1. The first kappa shape index (κ1) is 16.8. The molecule has 2 amide bonds. The molecule has 116 valence electrons. The highest BCUT2D eigenvalue weighted by Crippen LogP contribution is 2.16. The van der Waals surface area contributed by atoms with Crippen LogP contribution in [0.2, 0.25) is 0 Å². The Morgan fingerprint density at radius 3 is 2.57 bits per heavy atom. The van der Waals surface area contributed by atoms with Crippen molar-refractivity contribution in [3.63, 3.8) is 0 Å². The van der Waals surface area contributed by atoms with Crippen LogP contribution in [0.25, 0.3) is 0 Å². The molecule has 0 spiro atoms. The first-order chi connectivity index (χ1) is 10.0. The van der Waals surface area contributed by atoms with Crippen LogP contribution in [0, 0.1) is 0 Å². The molecule has 1 aromatic rings. The zero-order valence-corrected chi connectivity index (χ0v) is 12.6. The maximum absolute atomic E-state index is 11.6. The van der Waals surface area contributed by atoms with Gasteiger partial charge in [0, 0.05) is 18.7 Å². The van der Waals surface area contributed by atoms with E-state index in [1.165, 1.54) is 0 Å². The van der Waals surface area contributed by atoms with Crippen LogP contribution in [-0.4, -0.2) is 31.8 Å². The Morgan fingerprint density at radius 1 is 1.19 bits per heavy atom. The van der Waals surface area contributed by atoms with E-state index in [1.807, 2.05) is 24.3 Å². The summed E-state index contributed by atoms with van der Waals surface area (Å²) in [5.74, 6) is 0.397. The fraction of sp³-hybridized carbons (Fsp3) is 0.467. The van der Waals surface area contributed by atoms with Gasteiger partial charge in [0.2, 0.25) is 0 Å². The van der Waals surface area contributed by atoms with E-state index in [2.05, 4.69) is 10.6 Å². The molecule has 1 rings (SSSR count). The third-order valence-electron chi connectivity index (χ3n) is 2.61. The predicted octanol–water partition coefficient (Wildman–Crippen LogP) is 1.84. The summed E-state index contributed by atoms with van der Waals surface area (Å²) in [7, 11) is 1.58. The van der Waals surface area contributed by atoms with Gasteiger partial charge in [-0.1, -0.05) is 18.2 Å². The second-order valence-corrected chi connectivity index (χ2v) is 4.71. The van der Waals surface area contributed by atoms with Crippen molar-refractivity contribution in [1.82, 2.24) is 10.6 Å². The van der Waals surface area contributed by atoms with Gasteiger partial charge in [-0.3, -0.25) is 4.79 Å². The van der Waals surface area contributed by atoms with E-state index in [4.69, 9.17) is 9.47 Å². The molecule has 6 nitrogen and oxygen atoms in total. The van der Waals surface area contributed by atoms with Crippen molar-refractivity contribution in [3.05, 3.63) is 29.8 Å². The molecule has 0 aliphatic carbocycles. The summed E-state index contributed by atoms with van der Waals surface area (Å²) >= 11 is 0. The lowest BCUT2D eigenvalue weighted by atomic mass is 10.2. The molecule has 0 aromatic heterocycles. The van der Waals surface area contributed by atoms with Crippen molar-refractivity contribution in [2.45, 2.75) is 32.9 Å². The minimum atomic E-state index is -0.335. The van der Waals surface area contributed by atoms with Crippen molar-refractivity contribution < 1.29 is 19.1 Å². The molecule has 0 bridgehead atoms. The molecule has 0 saturated carbocycles. The molecular formula is C15H22N2O4. The number of esters is 1. The van der Waals surface area contributed by atoms with Crippen molar-refractivity contribution in [2.75, 3.05) is 13.7 Å². The maximum Gasteiger partial charge on any atom is 0.315 e. The van der Waals surface area contributed by atoms with E-state index in [-0.39, 0.29) is 31.1 Å². The van der Waals surface area contributed by atoms with Crippen LogP contribution in [0.4, 0.5) is 4.79 Å². The van der Waals surface area contributed by atoms with Crippen molar-refractivity contribution in [2.24, 2.45) is 0 Å². The lowest BCUT2D eigenvalue weighted by Crippen LogP contribution is -2.36. The maximum atomic E-state index is 11.6. The zero-order chi connectivity index (χ0) is 15.7. The molecule has 0 aliphatic rings. The van der Waals surface area contributed by atoms with Gasteiger partial charge >= 0.3 is 12.0 Å². The third kappa shape index (κ3) is 6.65. The van der Waals surface area contributed by atoms with Gasteiger partial charge in [-0.2, -0.15) is 0 Å². The largest absolute Gasteiger partial charge is 0.496 e. The summed E-state index contributed by atoms with van der Waals surface area (Å²) in [6.07, 6.45) is 0.0112. The highest BCUT2D eigenvalue weighted by atomic mass is 16.5. The first-order valence-corrected chi connectivity index (χ1v) is 6.86. The smallest absolute Gasteiger partial charge is 0.315 e. The number of ether oxygens (including phenoxy) is 2. The Labute approximate surface area is 124 Å². The fourth-order valence-corrected chi connectivity index (χ4v) is 1.69. The number of nitrogens with one attached hydrogen (secondary N) is 2. The Bertz CT molecular complexity index is 474. The van der Waals surface area contributed by atoms with Gasteiger partial charge in [-0.25, -0.2) is 4.79 Å². The van der Waals surface area contributed by atoms with Crippen LogP contribution < -0.4 is 15.4 Å². The molecule has 0 heterocycles. The van der Waals surface area contributed by atoms with Crippen molar-refractivity contribution in [1.29, 1.82) is 0 Å². The molecule has 0 saturated heterocycles. The van der Waals surface area contributed by atoms with Gasteiger partial charge in [0.05, 0.1) is 19.6 Å². The lowest BCUT2D eigenvalue weighted by molar-refractivity contribution is -0.147. The van der Waals surface area contributed by atoms with Crippen LogP contribution in [0.5, 0.6) is 5.75 Å². The van der Waals surface area contributed by atoms with Gasteiger partial charge < -0.3 is 20.1 Å². The monoisotopic (exact) mass is 294 g/mol. The number of rotatable bonds is 7. The quantitative estimate of drug-likeness (QED) is 0.752. The van der Waals surface area contributed by atoms with Crippen LogP contribution in [0.1, 0.15) is 25.8 Å². The lowest BCUT2D eigenvalue weighted by Gasteiger charge is -2.11. The van der Waals surface area contributed by atoms with E-state index >= 15 is 0 Å². The molecule has 0 atom stereocenters. The number of benzene rings is 1. The first-order valence-electron chi connectivity index (χ1n) is 6.86. The van der Waals surface area contributed by atoms with E-state index in [0.29, 0.717) is 6.54 Å². The number of carbonyl (C=O) groups excluding carboxylic acids is 2. The molecule has 0 radical (unpaired) electrons. The van der Waals surface area contributed by atoms with Crippen LogP contribution in [0.15, 0.2) is 24.3 Å². The van der Waals surface area contributed by atoms with E-state index in [9.17, 15) is 9.59 Å². The van der Waals surface area contributed by atoms with Gasteiger partial charge in [-0.05, 0) is 19.9 Å². The summed E-state index contributed by atoms with van der Waals surface area (Å²) in [6.45, 7) is 4.16. The standard InChI is InChI=1S/C15H22N2O4/c1-11(2)21-14(18)8-9-16-15(19)17-10-12-6-4-5-7-13(12)20-3/h4-7,11H,8-10H2,1-3H3,(H2,16,17,19). The molecule has 0 fully saturated rings. The molecule has 1 aromatic carbocycles. The highest BCUT2D eigenvalue weighted by Gasteiger charge is 2.07. The second-order valence-electron chi connectivity index (χ2n) is 4.71. The average Bonchev–Trinajstić information content (AvgIpc) is 2.44. The molecule has 0 aliphatic heterocycles. The van der Waals surface area contributed by atoms with E-state index in [1.54, 1.807) is 21.0 Å². The number of urea groups is 1. The highest BCUT2D eigenvalue weighted by molar-refractivity contribution is 5.75. The van der Waals surface area contributed by atoms with Crippen LogP contribution in [-0.2, 0) is 16.1 Å². The van der Waals surface area contributed by atoms with Crippen LogP contribution in [0.3, 0.4) is 0 Å². The van der Waals surface area contributed by atoms with Crippen LogP contribution >= 0.6 is 0 Å². The summed E-state index contributed by atoms with van der Waals surface area (Å²) in [4.78, 5) is 22.9. The van der Waals surface area contributed by atoms with Gasteiger partial charge in [-0.15, -0.1) is 0 Å². The minimum absolute atomic E-state index is 0.142. The summed E-state index contributed by atoms with van der Waals surface area (Å²) in [5.41, 5.74) is 0.884. The Hall–Kier alpha value is -2.24. The normalized spacial score (nSPS) is 10.1. The Kier molecular flexibility index (Phi) is 7.08. The summed E-state index contributed by atoms with van der Waals surface area (Å²) < 4.78 is 10.2. The summed E-state index contributed by atoms with van der Waals surface area (Å²) in [6, 6.07) is 7.11. The number of hydrogen-bond donors (Lipinski definition) is 2. The van der Waals surface area contributed by atoms with E-state index < -0.39 is 0 Å². The Balaban J connectivity index is 2.27. The second kappa shape index (κ2) is 8.84. The van der Waals surface area contributed by atoms with E-state index in [0.717, 1.165) is 11.3 Å². The number of hydrogen-bond acceptors (Lipinski definition) is 4.